The summed E-state index contributed by atoms with van der Waals surface area (Å²) in [6.07, 6.45) is 0.739. The quantitative estimate of drug-likeness (QED) is 0.788. The molecule has 0 spiro atoms. The first-order valence-corrected chi connectivity index (χ1v) is 8.34. The van der Waals surface area contributed by atoms with Crippen LogP contribution in [0, 0.1) is 16.7 Å². The number of nitrogens with one attached hydrogen (secondary N) is 1. The Morgan fingerprint density at radius 2 is 1.75 bits per heavy atom. The fourth-order valence-electron chi connectivity index (χ4n) is 4.11. The standard InChI is InChI=1S/C19H28N2O2.ClH/c1-17(2)10-13(12-9-11(20)7-8-14(12)23-17)21-16(22)15-18(3,4)19(15,5)6;/h7-9,13,15H,10,20H2,1-6H3,(H,21,22);1H. The van der Waals surface area contributed by atoms with Crippen molar-refractivity contribution < 1.29 is 9.53 Å². The molecule has 1 aliphatic carbocycles. The van der Waals surface area contributed by atoms with Gasteiger partial charge in [-0.2, -0.15) is 0 Å². The molecule has 24 heavy (non-hydrogen) atoms. The zero-order chi connectivity index (χ0) is 17.2. The van der Waals surface area contributed by atoms with Crippen LogP contribution in [0.2, 0.25) is 0 Å². The Morgan fingerprint density at radius 3 is 2.29 bits per heavy atom. The molecular weight excluding hydrogens is 324 g/mol. The lowest BCUT2D eigenvalue weighted by Crippen LogP contribution is -2.42. The molecule has 1 heterocycles. The average molecular weight is 353 g/mol. The van der Waals surface area contributed by atoms with Gasteiger partial charge in [0.1, 0.15) is 11.4 Å². The highest BCUT2D eigenvalue weighted by molar-refractivity contribution is 5.85. The van der Waals surface area contributed by atoms with Gasteiger partial charge in [0.15, 0.2) is 0 Å². The molecule has 5 heteroatoms. The maximum Gasteiger partial charge on any atom is 0.224 e. The summed E-state index contributed by atoms with van der Waals surface area (Å²) in [7, 11) is 0. The topological polar surface area (TPSA) is 64.4 Å². The normalized spacial score (nSPS) is 25.7. The van der Waals surface area contributed by atoms with E-state index in [9.17, 15) is 4.79 Å². The molecule has 1 aliphatic heterocycles. The van der Waals surface area contributed by atoms with Gasteiger partial charge in [-0.3, -0.25) is 4.79 Å². The highest BCUT2D eigenvalue weighted by atomic mass is 35.5. The molecule has 1 saturated carbocycles. The summed E-state index contributed by atoms with van der Waals surface area (Å²) in [5.41, 5.74) is 7.37. The molecule has 3 N–H and O–H groups in total. The van der Waals surface area contributed by atoms with Crippen molar-refractivity contribution in [1.82, 2.24) is 5.32 Å². The van der Waals surface area contributed by atoms with Crippen molar-refractivity contribution in [2.75, 3.05) is 5.73 Å². The van der Waals surface area contributed by atoms with Crippen molar-refractivity contribution in [1.29, 1.82) is 0 Å². The molecule has 0 radical (unpaired) electrons. The number of benzene rings is 1. The van der Waals surface area contributed by atoms with Gasteiger partial charge < -0.3 is 15.8 Å². The number of carbonyl (C=O) groups excluding carboxylic acids is 1. The van der Waals surface area contributed by atoms with E-state index in [0.29, 0.717) is 5.69 Å². The van der Waals surface area contributed by atoms with Crippen LogP contribution in [0.5, 0.6) is 5.75 Å². The predicted octanol–water partition coefficient (Wildman–Crippen LogP) is 4.09. The Balaban J connectivity index is 0.00000208. The summed E-state index contributed by atoms with van der Waals surface area (Å²) >= 11 is 0. The molecule has 3 rings (SSSR count). The molecule has 0 bridgehead atoms. The number of anilines is 1. The summed E-state index contributed by atoms with van der Waals surface area (Å²) in [4.78, 5) is 12.8. The first-order valence-electron chi connectivity index (χ1n) is 8.34. The van der Waals surface area contributed by atoms with E-state index >= 15 is 0 Å². The van der Waals surface area contributed by atoms with E-state index in [1.54, 1.807) is 0 Å². The number of hydrogen-bond donors (Lipinski definition) is 2. The van der Waals surface area contributed by atoms with Crippen LogP contribution in [0.4, 0.5) is 5.69 Å². The van der Waals surface area contributed by atoms with Crippen molar-refractivity contribution in [2.45, 2.75) is 59.6 Å². The second-order valence-electron chi connectivity index (χ2n) is 8.80. The maximum absolute atomic E-state index is 12.8. The number of nitrogens with two attached hydrogens (primary N) is 1. The lowest BCUT2D eigenvalue weighted by Gasteiger charge is -2.38. The van der Waals surface area contributed by atoms with E-state index in [1.807, 2.05) is 18.2 Å². The van der Waals surface area contributed by atoms with Gasteiger partial charge in [-0.15, -0.1) is 12.4 Å². The van der Waals surface area contributed by atoms with Gasteiger partial charge in [0.25, 0.3) is 0 Å². The molecule has 0 aromatic heterocycles. The first-order chi connectivity index (χ1) is 10.5. The highest BCUT2D eigenvalue weighted by Gasteiger charge is 2.68. The summed E-state index contributed by atoms with van der Waals surface area (Å²) < 4.78 is 6.04. The van der Waals surface area contributed by atoms with Crippen LogP contribution in [-0.2, 0) is 4.79 Å². The fraction of sp³-hybridized carbons (Fsp3) is 0.632. The smallest absolute Gasteiger partial charge is 0.224 e. The summed E-state index contributed by atoms with van der Waals surface area (Å²) in [5, 5.41) is 3.26. The van der Waals surface area contributed by atoms with Gasteiger partial charge in [-0.1, -0.05) is 27.7 Å². The molecule has 1 atom stereocenters. The molecule has 0 saturated heterocycles. The summed E-state index contributed by atoms with van der Waals surface area (Å²) in [6, 6.07) is 5.60. The fourth-order valence-corrected chi connectivity index (χ4v) is 4.11. The van der Waals surface area contributed by atoms with Gasteiger partial charge in [-0.25, -0.2) is 0 Å². The van der Waals surface area contributed by atoms with Crippen molar-refractivity contribution in [2.24, 2.45) is 16.7 Å². The first kappa shape index (κ1) is 18.9. The minimum absolute atomic E-state index is 0. The van der Waals surface area contributed by atoms with Crippen LogP contribution < -0.4 is 15.8 Å². The van der Waals surface area contributed by atoms with Crippen LogP contribution in [0.15, 0.2) is 18.2 Å². The van der Waals surface area contributed by atoms with Gasteiger partial charge in [-0.05, 0) is 42.9 Å². The number of carbonyl (C=O) groups is 1. The summed E-state index contributed by atoms with van der Waals surface area (Å²) in [6.45, 7) is 12.8. The van der Waals surface area contributed by atoms with Crippen LogP contribution >= 0.6 is 12.4 Å². The van der Waals surface area contributed by atoms with Crippen LogP contribution in [0.1, 0.15) is 59.6 Å². The minimum atomic E-state index is -0.310. The minimum Gasteiger partial charge on any atom is -0.487 e. The lowest BCUT2D eigenvalue weighted by atomic mass is 9.89. The number of amides is 1. The molecule has 1 unspecified atom stereocenters. The second-order valence-corrected chi connectivity index (χ2v) is 8.80. The Hall–Kier alpha value is -1.42. The number of hydrogen-bond acceptors (Lipinski definition) is 3. The van der Waals surface area contributed by atoms with Crippen molar-refractivity contribution in [3.63, 3.8) is 0 Å². The molecule has 1 amide bonds. The van der Waals surface area contributed by atoms with Gasteiger partial charge in [0.05, 0.1) is 6.04 Å². The van der Waals surface area contributed by atoms with E-state index in [-0.39, 0.29) is 46.7 Å². The van der Waals surface area contributed by atoms with E-state index < -0.39 is 0 Å². The molecule has 1 aromatic rings. The predicted molar refractivity (Wildman–Crippen MR) is 99.4 cm³/mol. The Morgan fingerprint density at radius 1 is 1.17 bits per heavy atom. The van der Waals surface area contributed by atoms with Crippen LogP contribution in [0.25, 0.3) is 0 Å². The summed E-state index contributed by atoms with van der Waals surface area (Å²) in [5.74, 6) is 0.997. The Kier molecular flexibility index (Phi) is 4.37. The van der Waals surface area contributed by atoms with Crippen LogP contribution in [0.3, 0.4) is 0 Å². The van der Waals surface area contributed by atoms with E-state index in [1.165, 1.54) is 0 Å². The number of ether oxygens (including phenoxy) is 1. The van der Waals surface area contributed by atoms with Crippen molar-refractivity contribution >= 4 is 24.0 Å². The molecule has 2 aliphatic rings. The Labute approximate surface area is 150 Å². The number of fused-ring (bicyclic) bond motifs is 1. The van der Waals surface area contributed by atoms with Gasteiger partial charge >= 0.3 is 0 Å². The van der Waals surface area contributed by atoms with E-state index in [0.717, 1.165) is 17.7 Å². The number of halogens is 1. The number of rotatable bonds is 2. The lowest BCUT2D eigenvalue weighted by molar-refractivity contribution is -0.124. The van der Waals surface area contributed by atoms with E-state index in [4.69, 9.17) is 10.5 Å². The molecule has 4 nitrogen and oxygen atoms in total. The largest absolute Gasteiger partial charge is 0.487 e. The monoisotopic (exact) mass is 352 g/mol. The zero-order valence-electron chi connectivity index (χ0n) is 15.4. The average Bonchev–Trinajstić information content (AvgIpc) is 2.79. The van der Waals surface area contributed by atoms with Gasteiger partial charge in [0.2, 0.25) is 5.91 Å². The van der Waals surface area contributed by atoms with Crippen molar-refractivity contribution in [3.8, 4) is 5.75 Å². The number of nitrogen functional groups attached to an aromatic ring is 1. The third-order valence-corrected chi connectivity index (χ3v) is 6.09. The van der Waals surface area contributed by atoms with Crippen LogP contribution in [-0.4, -0.2) is 11.5 Å². The molecular formula is C19H29ClN2O2. The van der Waals surface area contributed by atoms with E-state index in [2.05, 4.69) is 46.9 Å². The van der Waals surface area contributed by atoms with Crippen molar-refractivity contribution in [3.05, 3.63) is 23.8 Å². The second kappa shape index (κ2) is 5.55. The van der Waals surface area contributed by atoms with Gasteiger partial charge in [0, 0.05) is 23.6 Å². The maximum atomic E-state index is 12.8. The Bertz CT molecular complexity index is 653. The third kappa shape index (κ3) is 2.85. The molecule has 1 aromatic carbocycles. The third-order valence-electron chi connectivity index (χ3n) is 6.09. The molecule has 134 valence electrons. The zero-order valence-corrected chi connectivity index (χ0v) is 16.2. The highest BCUT2D eigenvalue weighted by Crippen LogP contribution is 2.68. The molecule has 1 fully saturated rings. The SMILES string of the molecule is CC1(C)CC(NC(=O)C2C(C)(C)C2(C)C)c2cc(N)ccc2O1.Cl.